The van der Waals surface area contributed by atoms with Gasteiger partial charge in [-0.2, -0.15) is 0 Å². The molecule has 80 valence electrons. The van der Waals surface area contributed by atoms with Gasteiger partial charge in [0.25, 0.3) is 0 Å². The molecule has 0 N–H and O–H groups in total. The predicted molar refractivity (Wildman–Crippen MR) is 62.2 cm³/mol. The first kappa shape index (κ1) is 11.8. The van der Waals surface area contributed by atoms with Gasteiger partial charge in [0.05, 0.1) is 0 Å². The van der Waals surface area contributed by atoms with Gasteiger partial charge in [-0.3, -0.25) is 0 Å². The standard InChI is InChI=1S/C14H17F/c1-4-5-6-7-11(2)13-8-9-14(15)12(3)10-13/h8-11H,4,7H2,1-3H3. The van der Waals surface area contributed by atoms with E-state index in [0.717, 1.165) is 12.8 Å². The molecule has 0 saturated heterocycles. The van der Waals surface area contributed by atoms with E-state index in [-0.39, 0.29) is 5.82 Å². The second kappa shape index (κ2) is 5.56. The van der Waals surface area contributed by atoms with E-state index in [4.69, 9.17) is 0 Å². The topological polar surface area (TPSA) is 0 Å². The van der Waals surface area contributed by atoms with Crippen molar-refractivity contribution in [3.8, 4) is 11.8 Å². The van der Waals surface area contributed by atoms with Crippen LogP contribution >= 0.6 is 0 Å². The van der Waals surface area contributed by atoms with Gasteiger partial charge in [-0.25, -0.2) is 4.39 Å². The van der Waals surface area contributed by atoms with E-state index in [1.807, 2.05) is 19.1 Å². The van der Waals surface area contributed by atoms with Gasteiger partial charge in [-0.05, 0) is 30.0 Å². The van der Waals surface area contributed by atoms with E-state index in [0.29, 0.717) is 11.5 Å². The Morgan fingerprint density at radius 1 is 1.33 bits per heavy atom. The number of halogens is 1. The summed E-state index contributed by atoms with van der Waals surface area (Å²) in [5, 5.41) is 0. The highest BCUT2D eigenvalue weighted by Crippen LogP contribution is 2.20. The quantitative estimate of drug-likeness (QED) is 0.638. The van der Waals surface area contributed by atoms with Crippen molar-refractivity contribution in [1.29, 1.82) is 0 Å². The molecule has 1 aromatic carbocycles. The summed E-state index contributed by atoms with van der Waals surface area (Å²) >= 11 is 0. The SMILES string of the molecule is CCC#CCC(C)c1ccc(F)c(C)c1. The molecule has 0 aliphatic heterocycles. The molecule has 0 aliphatic carbocycles. The molecular formula is C14H17F. The Morgan fingerprint density at radius 2 is 2.07 bits per heavy atom. The minimum atomic E-state index is -0.134. The van der Waals surface area contributed by atoms with Crippen LogP contribution < -0.4 is 0 Å². The lowest BCUT2D eigenvalue weighted by molar-refractivity contribution is 0.616. The summed E-state index contributed by atoms with van der Waals surface area (Å²) in [6, 6.07) is 5.29. The van der Waals surface area contributed by atoms with Crippen LogP contribution in [-0.2, 0) is 0 Å². The summed E-state index contributed by atoms with van der Waals surface area (Å²) in [6.45, 7) is 5.96. The number of rotatable bonds is 2. The second-order valence-corrected chi connectivity index (χ2v) is 3.82. The average molecular weight is 204 g/mol. The molecule has 0 heterocycles. The molecular weight excluding hydrogens is 187 g/mol. The van der Waals surface area contributed by atoms with Crippen LogP contribution in [-0.4, -0.2) is 0 Å². The van der Waals surface area contributed by atoms with Gasteiger partial charge in [-0.15, -0.1) is 11.8 Å². The Balaban J connectivity index is 2.73. The van der Waals surface area contributed by atoms with E-state index in [1.165, 1.54) is 11.6 Å². The number of aryl methyl sites for hydroxylation is 1. The summed E-state index contributed by atoms with van der Waals surface area (Å²) in [4.78, 5) is 0. The van der Waals surface area contributed by atoms with Crippen molar-refractivity contribution in [1.82, 2.24) is 0 Å². The fraction of sp³-hybridized carbons (Fsp3) is 0.429. The van der Waals surface area contributed by atoms with E-state index < -0.39 is 0 Å². The number of hydrogen-bond acceptors (Lipinski definition) is 0. The smallest absolute Gasteiger partial charge is 0.126 e. The van der Waals surface area contributed by atoms with Crippen molar-refractivity contribution >= 4 is 0 Å². The molecule has 1 heteroatoms. The van der Waals surface area contributed by atoms with Crippen molar-refractivity contribution in [2.24, 2.45) is 0 Å². The van der Waals surface area contributed by atoms with Gasteiger partial charge in [0.2, 0.25) is 0 Å². The molecule has 0 spiro atoms. The molecule has 0 radical (unpaired) electrons. The van der Waals surface area contributed by atoms with Gasteiger partial charge in [0.15, 0.2) is 0 Å². The van der Waals surface area contributed by atoms with E-state index in [2.05, 4.69) is 18.8 Å². The van der Waals surface area contributed by atoms with Crippen molar-refractivity contribution in [2.75, 3.05) is 0 Å². The highest BCUT2D eigenvalue weighted by molar-refractivity contribution is 5.27. The molecule has 15 heavy (non-hydrogen) atoms. The van der Waals surface area contributed by atoms with Crippen LogP contribution in [0.2, 0.25) is 0 Å². The zero-order valence-corrected chi connectivity index (χ0v) is 9.60. The predicted octanol–water partition coefficient (Wildman–Crippen LogP) is 4.04. The third-order valence-corrected chi connectivity index (χ3v) is 2.46. The third kappa shape index (κ3) is 3.40. The summed E-state index contributed by atoms with van der Waals surface area (Å²) in [7, 11) is 0. The van der Waals surface area contributed by atoms with Crippen LogP contribution in [0.4, 0.5) is 4.39 Å². The maximum Gasteiger partial charge on any atom is 0.126 e. The van der Waals surface area contributed by atoms with E-state index >= 15 is 0 Å². The first-order valence-corrected chi connectivity index (χ1v) is 5.37. The van der Waals surface area contributed by atoms with Crippen molar-refractivity contribution in [3.63, 3.8) is 0 Å². The fourth-order valence-electron chi connectivity index (χ4n) is 1.44. The average Bonchev–Trinajstić information content (AvgIpc) is 2.22. The lowest BCUT2D eigenvalue weighted by atomic mass is 9.96. The molecule has 1 unspecified atom stereocenters. The molecule has 0 nitrogen and oxygen atoms in total. The minimum Gasteiger partial charge on any atom is -0.207 e. The Hall–Kier alpha value is -1.29. The largest absolute Gasteiger partial charge is 0.207 e. The van der Waals surface area contributed by atoms with Gasteiger partial charge < -0.3 is 0 Å². The second-order valence-electron chi connectivity index (χ2n) is 3.82. The van der Waals surface area contributed by atoms with Gasteiger partial charge in [0.1, 0.15) is 5.82 Å². The minimum absolute atomic E-state index is 0.134. The van der Waals surface area contributed by atoms with Crippen molar-refractivity contribution in [2.45, 2.75) is 39.5 Å². The molecule has 0 bridgehead atoms. The van der Waals surface area contributed by atoms with Crippen LogP contribution in [0.1, 0.15) is 43.7 Å². The molecule has 1 aromatic rings. The Morgan fingerprint density at radius 3 is 2.67 bits per heavy atom. The van der Waals surface area contributed by atoms with Crippen LogP contribution in [0.15, 0.2) is 18.2 Å². The van der Waals surface area contributed by atoms with Crippen LogP contribution in [0.5, 0.6) is 0 Å². The normalized spacial score (nSPS) is 11.7. The van der Waals surface area contributed by atoms with Crippen LogP contribution in [0, 0.1) is 24.6 Å². The molecule has 0 amide bonds. The molecule has 0 aromatic heterocycles. The Labute approximate surface area is 91.5 Å². The maximum atomic E-state index is 13.0. The summed E-state index contributed by atoms with van der Waals surface area (Å²) in [5.74, 6) is 6.42. The molecule has 1 rings (SSSR count). The fourth-order valence-corrected chi connectivity index (χ4v) is 1.44. The lowest BCUT2D eigenvalue weighted by Gasteiger charge is -2.09. The zero-order chi connectivity index (χ0) is 11.3. The van der Waals surface area contributed by atoms with Crippen LogP contribution in [0.25, 0.3) is 0 Å². The van der Waals surface area contributed by atoms with E-state index in [9.17, 15) is 4.39 Å². The summed E-state index contributed by atoms with van der Waals surface area (Å²) < 4.78 is 13.0. The third-order valence-electron chi connectivity index (χ3n) is 2.46. The van der Waals surface area contributed by atoms with E-state index in [1.54, 1.807) is 6.92 Å². The van der Waals surface area contributed by atoms with Crippen molar-refractivity contribution < 1.29 is 4.39 Å². The van der Waals surface area contributed by atoms with Gasteiger partial charge in [0, 0.05) is 12.8 Å². The monoisotopic (exact) mass is 204 g/mol. The first-order chi connectivity index (χ1) is 7.15. The molecule has 0 fully saturated rings. The Bertz CT molecular complexity index is 382. The zero-order valence-electron chi connectivity index (χ0n) is 9.60. The Kier molecular flexibility index (Phi) is 4.37. The van der Waals surface area contributed by atoms with Crippen molar-refractivity contribution in [3.05, 3.63) is 35.1 Å². The number of hydrogen-bond donors (Lipinski definition) is 0. The summed E-state index contributed by atoms with van der Waals surface area (Å²) in [5.41, 5.74) is 1.88. The molecule has 0 aliphatic rings. The van der Waals surface area contributed by atoms with Crippen LogP contribution in [0.3, 0.4) is 0 Å². The van der Waals surface area contributed by atoms with Gasteiger partial charge >= 0.3 is 0 Å². The van der Waals surface area contributed by atoms with Gasteiger partial charge in [-0.1, -0.05) is 26.0 Å². The highest BCUT2D eigenvalue weighted by Gasteiger charge is 2.05. The first-order valence-electron chi connectivity index (χ1n) is 5.37. The summed E-state index contributed by atoms with van der Waals surface area (Å²) in [6.07, 6.45) is 1.74. The highest BCUT2D eigenvalue weighted by atomic mass is 19.1. The molecule has 1 atom stereocenters. The number of benzene rings is 1. The maximum absolute atomic E-state index is 13.0. The molecule has 0 saturated carbocycles. The lowest BCUT2D eigenvalue weighted by Crippen LogP contribution is -1.94.